The summed E-state index contributed by atoms with van der Waals surface area (Å²) in [6.07, 6.45) is 9.36. The number of hydrogen-bond acceptors (Lipinski definition) is 3. The predicted molar refractivity (Wildman–Crippen MR) is 87.6 cm³/mol. The van der Waals surface area contributed by atoms with Crippen LogP contribution in [0.25, 0.3) is 0 Å². The highest BCUT2D eigenvalue weighted by molar-refractivity contribution is 5.20. The molecule has 120 valence electrons. The Balaban J connectivity index is 1.58. The fraction of sp³-hybridized carbons (Fsp3) is 0.647. The van der Waals surface area contributed by atoms with Gasteiger partial charge in [0, 0.05) is 36.6 Å². The summed E-state index contributed by atoms with van der Waals surface area (Å²) in [5.74, 6) is 0. The van der Waals surface area contributed by atoms with Gasteiger partial charge in [-0.05, 0) is 39.7 Å². The van der Waals surface area contributed by atoms with Crippen molar-refractivity contribution in [2.24, 2.45) is 0 Å². The molecule has 1 atom stereocenters. The van der Waals surface area contributed by atoms with Crippen LogP contribution < -0.4 is 5.32 Å². The number of nitrogens with zero attached hydrogens (tertiary/aromatic N) is 4. The largest absolute Gasteiger partial charge is 0.304 e. The molecule has 0 saturated heterocycles. The molecule has 22 heavy (non-hydrogen) atoms. The molecule has 1 aliphatic carbocycles. The molecule has 1 N–H and O–H groups in total. The van der Waals surface area contributed by atoms with Gasteiger partial charge in [-0.3, -0.25) is 9.36 Å². The van der Waals surface area contributed by atoms with Gasteiger partial charge in [-0.2, -0.15) is 10.2 Å². The van der Waals surface area contributed by atoms with Gasteiger partial charge >= 0.3 is 0 Å². The van der Waals surface area contributed by atoms with E-state index in [4.69, 9.17) is 5.10 Å². The van der Waals surface area contributed by atoms with Crippen LogP contribution in [0, 0.1) is 6.92 Å². The molecule has 1 saturated carbocycles. The maximum atomic E-state index is 4.74. The van der Waals surface area contributed by atoms with Crippen LogP contribution in [0.2, 0.25) is 0 Å². The number of rotatable bonds is 6. The van der Waals surface area contributed by atoms with E-state index >= 15 is 0 Å². The Kier molecular flexibility index (Phi) is 4.62. The second kappa shape index (κ2) is 6.65. The van der Waals surface area contributed by atoms with Gasteiger partial charge < -0.3 is 5.32 Å². The van der Waals surface area contributed by atoms with E-state index in [-0.39, 0.29) is 6.04 Å². The van der Waals surface area contributed by atoms with Gasteiger partial charge in [0.25, 0.3) is 0 Å². The molecular formula is C17H27N5. The fourth-order valence-corrected chi connectivity index (χ4v) is 3.42. The highest BCUT2D eigenvalue weighted by Crippen LogP contribution is 2.28. The molecule has 1 unspecified atom stereocenters. The SMILES string of the molecule is CCn1ncc(C(C)NCc2ccn(C3CCCC3)n2)c1C. The van der Waals surface area contributed by atoms with Crippen molar-refractivity contribution in [2.75, 3.05) is 0 Å². The molecule has 0 aromatic carbocycles. The Morgan fingerprint density at radius 2 is 2.14 bits per heavy atom. The van der Waals surface area contributed by atoms with E-state index < -0.39 is 0 Å². The summed E-state index contributed by atoms with van der Waals surface area (Å²) < 4.78 is 4.21. The summed E-state index contributed by atoms with van der Waals surface area (Å²) in [5.41, 5.74) is 3.65. The molecule has 2 aromatic heterocycles. The maximum absolute atomic E-state index is 4.74. The summed E-state index contributed by atoms with van der Waals surface area (Å²) in [6, 6.07) is 3.05. The molecule has 0 aliphatic heterocycles. The van der Waals surface area contributed by atoms with Crippen LogP contribution in [0.5, 0.6) is 0 Å². The molecule has 2 aromatic rings. The second-order valence-electron chi connectivity index (χ2n) is 6.33. The van der Waals surface area contributed by atoms with Gasteiger partial charge in [0.05, 0.1) is 17.9 Å². The Morgan fingerprint density at radius 1 is 1.36 bits per heavy atom. The molecule has 1 fully saturated rings. The number of aromatic nitrogens is 4. The van der Waals surface area contributed by atoms with Crippen LogP contribution in [0.1, 0.15) is 68.6 Å². The highest BCUT2D eigenvalue weighted by atomic mass is 15.3. The maximum Gasteiger partial charge on any atom is 0.0762 e. The van der Waals surface area contributed by atoms with Crippen LogP contribution in [0.4, 0.5) is 0 Å². The quantitative estimate of drug-likeness (QED) is 0.890. The first-order chi connectivity index (χ1) is 10.7. The Hall–Kier alpha value is -1.62. The average Bonchev–Trinajstić information content (AvgIpc) is 3.25. The summed E-state index contributed by atoms with van der Waals surface area (Å²) in [5, 5.41) is 12.7. The van der Waals surface area contributed by atoms with Gasteiger partial charge in [-0.15, -0.1) is 0 Å². The zero-order valence-electron chi connectivity index (χ0n) is 13.9. The van der Waals surface area contributed by atoms with Gasteiger partial charge in [0.1, 0.15) is 0 Å². The summed E-state index contributed by atoms with van der Waals surface area (Å²) in [4.78, 5) is 0. The van der Waals surface area contributed by atoms with E-state index in [1.54, 1.807) is 0 Å². The van der Waals surface area contributed by atoms with E-state index in [0.717, 1.165) is 18.8 Å². The molecule has 0 spiro atoms. The van der Waals surface area contributed by atoms with Crippen LogP contribution in [0.3, 0.4) is 0 Å². The molecule has 3 rings (SSSR count). The third kappa shape index (κ3) is 3.09. The van der Waals surface area contributed by atoms with Crippen LogP contribution in [-0.2, 0) is 13.1 Å². The Labute approximate surface area is 132 Å². The zero-order chi connectivity index (χ0) is 15.5. The van der Waals surface area contributed by atoms with Gasteiger partial charge in [-0.25, -0.2) is 0 Å². The van der Waals surface area contributed by atoms with Crippen LogP contribution in [0.15, 0.2) is 18.5 Å². The third-order valence-electron chi connectivity index (χ3n) is 4.86. The van der Waals surface area contributed by atoms with Crippen LogP contribution >= 0.6 is 0 Å². The molecule has 5 heteroatoms. The normalized spacial score (nSPS) is 17.2. The molecule has 0 bridgehead atoms. The number of aryl methyl sites for hydroxylation is 1. The van der Waals surface area contributed by atoms with Crippen molar-refractivity contribution in [3.8, 4) is 0 Å². The third-order valence-corrected chi connectivity index (χ3v) is 4.86. The average molecular weight is 301 g/mol. The smallest absolute Gasteiger partial charge is 0.0762 e. The molecule has 2 heterocycles. The van der Waals surface area contributed by atoms with Crippen molar-refractivity contribution in [3.63, 3.8) is 0 Å². The lowest BCUT2D eigenvalue weighted by atomic mass is 10.1. The van der Waals surface area contributed by atoms with Gasteiger partial charge in [0.2, 0.25) is 0 Å². The topological polar surface area (TPSA) is 47.7 Å². The lowest BCUT2D eigenvalue weighted by molar-refractivity contribution is 0.458. The minimum atomic E-state index is 0.289. The summed E-state index contributed by atoms with van der Waals surface area (Å²) in [7, 11) is 0. The van der Waals surface area contributed by atoms with Gasteiger partial charge in [0.15, 0.2) is 0 Å². The molecule has 5 nitrogen and oxygen atoms in total. The summed E-state index contributed by atoms with van der Waals surface area (Å²) >= 11 is 0. The molecule has 0 radical (unpaired) electrons. The van der Waals surface area contributed by atoms with Crippen molar-refractivity contribution in [1.82, 2.24) is 24.9 Å². The minimum absolute atomic E-state index is 0.289. The molecule has 1 aliphatic rings. The second-order valence-corrected chi connectivity index (χ2v) is 6.33. The molecular weight excluding hydrogens is 274 g/mol. The fourth-order valence-electron chi connectivity index (χ4n) is 3.42. The number of nitrogens with one attached hydrogen (secondary N) is 1. The predicted octanol–water partition coefficient (Wildman–Crippen LogP) is 3.37. The van der Waals surface area contributed by atoms with Crippen molar-refractivity contribution in [1.29, 1.82) is 0 Å². The van der Waals surface area contributed by atoms with E-state index in [1.807, 2.05) is 10.9 Å². The Bertz CT molecular complexity index is 606. The molecule has 0 amide bonds. The van der Waals surface area contributed by atoms with Crippen molar-refractivity contribution >= 4 is 0 Å². The van der Waals surface area contributed by atoms with Crippen LogP contribution in [-0.4, -0.2) is 19.6 Å². The summed E-state index contributed by atoms with van der Waals surface area (Å²) in [6.45, 7) is 8.18. The van der Waals surface area contributed by atoms with E-state index in [2.05, 4.69) is 48.1 Å². The van der Waals surface area contributed by atoms with E-state index in [0.29, 0.717) is 6.04 Å². The minimum Gasteiger partial charge on any atom is -0.304 e. The first-order valence-electron chi connectivity index (χ1n) is 8.48. The monoisotopic (exact) mass is 301 g/mol. The zero-order valence-corrected chi connectivity index (χ0v) is 13.9. The standard InChI is InChI=1S/C17H27N5/c1-4-21-14(3)17(12-19-21)13(2)18-11-15-9-10-22(20-15)16-7-5-6-8-16/h9-10,12-13,16,18H,4-8,11H2,1-3H3. The lowest BCUT2D eigenvalue weighted by Crippen LogP contribution is -2.19. The first-order valence-corrected chi connectivity index (χ1v) is 8.48. The Morgan fingerprint density at radius 3 is 2.82 bits per heavy atom. The van der Waals surface area contributed by atoms with Crippen molar-refractivity contribution in [3.05, 3.63) is 35.4 Å². The van der Waals surface area contributed by atoms with E-state index in [9.17, 15) is 0 Å². The van der Waals surface area contributed by atoms with Gasteiger partial charge in [-0.1, -0.05) is 12.8 Å². The number of hydrogen-bond donors (Lipinski definition) is 1. The lowest BCUT2D eigenvalue weighted by Gasteiger charge is -2.13. The van der Waals surface area contributed by atoms with Crippen molar-refractivity contribution < 1.29 is 0 Å². The first kappa shape index (κ1) is 15.3. The van der Waals surface area contributed by atoms with E-state index in [1.165, 1.54) is 36.9 Å². The van der Waals surface area contributed by atoms with Crippen molar-refractivity contribution in [2.45, 2.75) is 71.6 Å². The highest BCUT2D eigenvalue weighted by Gasteiger charge is 2.18.